The fourth-order valence-corrected chi connectivity index (χ4v) is 3.07. The van der Waals surface area contributed by atoms with E-state index >= 15 is 0 Å². The van der Waals surface area contributed by atoms with E-state index in [-0.39, 0.29) is 30.4 Å². The van der Waals surface area contributed by atoms with E-state index in [1.54, 1.807) is 36.4 Å². The number of rotatable bonds is 5. The highest BCUT2D eigenvalue weighted by Crippen LogP contribution is 2.23. The smallest absolute Gasteiger partial charge is 0.234 e. The van der Waals surface area contributed by atoms with Crippen molar-refractivity contribution in [2.75, 3.05) is 5.32 Å². The van der Waals surface area contributed by atoms with Crippen molar-refractivity contribution in [2.24, 2.45) is 17.5 Å². The Hall–Kier alpha value is -2.74. The summed E-state index contributed by atoms with van der Waals surface area (Å²) >= 11 is 11.7. The molecule has 0 aromatic heterocycles. The molecule has 146 valence electrons. The van der Waals surface area contributed by atoms with Gasteiger partial charge in [0.2, 0.25) is 11.8 Å². The van der Waals surface area contributed by atoms with Gasteiger partial charge in [-0.15, -0.1) is 0 Å². The second-order valence-electron chi connectivity index (χ2n) is 6.36. The number of anilines is 1. The highest BCUT2D eigenvalue weighted by atomic mass is 35.5. The molecule has 0 radical (unpaired) electrons. The lowest BCUT2D eigenvalue weighted by Gasteiger charge is -2.31. The van der Waals surface area contributed by atoms with Crippen molar-refractivity contribution in [1.29, 1.82) is 0 Å². The third-order valence-electron chi connectivity index (χ3n) is 4.28. The maximum atomic E-state index is 12.7. The molecule has 1 aliphatic rings. The van der Waals surface area contributed by atoms with Crippen molar-refractivity contribution >= 4 is 40.7 Å². The number of nitrogens with zero attached hydrogens (tertiary/aromatic N) is 1. The van der Waals surface area contributed by atoms with E-state index in [0.717, 1.165) is 5.56 Å². The number of hydrazine groups is 1. The van der Waals surface area contributed by atoms with Gasteiger partial charge in [0.1, 0.15) is 5.82 Å². The Labute approximate surface area is 172 Å². The Kier molecular flexibility index (Phi) is 6.08. The van der Waals surface area contributed by atoms with Crippen LogP contribution in [0.4, 0.5) is 5.69 Å². The van der Waals surface area contributed by atoms with Gasteiger partial charge in [0.15, 0.2) is 0 Å². The molecule has 0 saturated heterocycles. The zero-order valence-corrected chi connectivity index (χ0v) is 16.3. The minimum absolute atomic E-state index is 0.0659. The summed E-state index contributed by atoms with van der Waals surface area (Å²) in [4.78, 5) is 24.8. The highest BCUT2D eigenvalue weighted by molar-refractivity contribution is 6.30. The van der Waals surface area contributed by atoms with E-state index in [0.29, 0.717) is 15.7 Å². The van der Waals surface area contributed by atoms with E-state index in [9.17, 15) is 9.59 Å². The minimum Gasteiger partial charge on any atom is -0.398 e. The number of benzene rings is 2. The normalized spacial score (nSPS) is 16.5. The number of carbonyl (C=O) groups is 2. The van der Waals surface area contributed by atoms with Crippen LogP contribution in [0.2, 0.25) is 10.0 Å². The lowest BCUT2D eigenvalue weighted by Crippen LogP contribution is -2.48. The molecule has 9 heteroatoms. The summed E-state index contributed by atoms with van der Waals surface area (Å²) in [6, 6.07) is 13.8. The molecule has 7 nitrogen and oxygen atoms in total. The van der Waals surface area contributed by atoms with Crippen LogP contribution in [0.3, 0.4) is 0 Å². The van der Waals surface area contributed by atoms with Crippen molar-refractivity contribution in [3.63, 3.8) is 0 Å². The van der Waals surface area contributed by atoms with Crippen molar-refractivity contribution in [3.8, 4) is 0 Å². The largest absolute Gasteiger partial charge is 0.398 e. The van der Waals surface area contributed by atoms with Crippen molar-refractivity contribution in [2.45, 2.75) is 13.0 Å². The topological polar surface area (TPSA) is 113 Å². The van der Waals surface area contributed by atoms with Gasteiger partial charge in [-0.3, -0.25) is 14.6 Å². The molecule has 1 atom stereocenters. The van der Waals surface area contributed by atoms with Crippen LogP contribution >= 0.6 is 23.2 Å². The van der Waals surface area contributed by atoms with Crippen molar-refractivity contribution in [1.82, 2.24) is 10.3 Å². The third kappa shape index (κ3) is 4.75. The van der Waals surface area contributed by atoms with E-state index < -0.39 is 11.8 Å². The summed E-state index contributed by atoms with van der Waals surface area (Å²) in [5.41, 5.74) is 7.81. The number of hydrogen-bond donors (Lipinski definition) is 4. The fraction of sp³-hybridized carbons (Fsp3) is 0.158. The molecule has 0 fully saturated rings. The van der Waals surface area contributed by atoms with Crippen LogP contribution in [0.25, 0.3) is 0 Å². The monoisotopic (exact) mass is 419 g/mol. The van der Waals surface area contributed by atoms with Crippen molar-refractivity contribution in [3.05, 3.63) is 75.7 Å². The van der Waals surface area contributed by atoms with Gasteiger partial charge in [0.25, 0.3) is 0 Å². The van der Waals surface area contributed by atoms with Gasteiger partial charge in [-0.25, -0.2) is 5.84 Å². The SMILES string of the molecule is NC1=C(N(N)Cc2ccc(Cl)cc2)NC(=O)CC1C(=O)Nc1ccc(Cl)cc1. The van der Waals surface area contributed by atoms with Crippen LogP contribution in [0, 0.1) is 5.92 Å². The summed E-state index contributed by atoms with van der Waals surface area (Å²) in [5, 5.41) is 7.85. The minimum atomic E-state index is -0.837. The van der Waals surface area contributed by atoms with E-state index in [1.807, 2.05) is 12.1 Å². The molecule has 0 bridgehead atoms. The van der Waals surface area contributed by atoms with E-state index in [1.165, 1.54) is 5.01 Å². The number of nitrogens with one attached hydrogen (secondary N) is 2. The van der Waals surface area contributed by atoms with Gasteiger partial charge in [0, 0.05) is 22.2 Å². The van der Waals surface area contributed by atoms with Crippen LogP contribution in [0.15, 0.2) is 60.0 Å². The summed E-state index contributed by atoms with van der Waals surface area (Å²) < 4.78 is 0. The Balaban J connectivity index is 1.77. The average Bonchev–Trinajstić information content (AvgIpc) is 2.66. The molecule has 2 amide bonds. The average molecular weight is 420 g/mol. The zero-order chi connectivity index (χ0) is 20.3. The maximum Gasteiger partial charge on any atom is 0.234 e. The second kappa shape index (κ2) is 8.52. The lowest BCUT2D eigenvalue weighted by molar-refractivity contribution is -0.127. The molecule has 1 aliphatic heterocycles. The predicted molar refractivity (Wildman–Crippen MR) is 109 cm³/mol. The number of halogens is 2. The number of carbonyl (C=O) groups excluding carboxylic acids is 2. The van der Waals surface area contributed by atoms with Crippen LogP contribution in [-0.4, -0.2) is 16.8 Å². The van der Waals surface area contributed by atoms with E-state index in [2.05, 4.69) is 10.6 Å². The zero-order valence-electron chi connectivity index (χ0n) is 14.8. The first-order valence-electron chi connectivity index (χ1n) is 8.46. The van der Waals surface area contributed by atoms with Gasteiger partial charge in [0.05, 0.1) is 18.2 Å². The molecule has 1 unspecified atom stereocenters. The second-order valence-corrected chi connectivity index (χ2v) is 7.23. The summed E-state index contributed by atoms with van der Waals surface area (Å²) in [7, 11) is 0. The summed E-state index contributed by atoms with van der Waals surface area (Å²) in [6.07, 6.45) is -0.0659. The summed E-state index contributed by atoms with van der Waals surface area (Å²) in [6.45, 7) is 0.277. The molecule has 2 aromatic carbocycles. The van der Waals surface area contributed by atoms with Gasteiger partial charge in [-0.05, 0) is 42.0 Å². The Morgan fingerprint density at radius 3 is 2.29 bits per heavy atom. The maximum absolute atomic E-state index is 12.7. The molecule has 6 N–H and O–H groups in total. The highest BCUT2D eigenvalue weighted by Gasteiger charge is 2.33. The molecular formula is C19H19Cl2N5O2. The first-order valence-corrected chi connectivity index (χ1v) is 9.21. The molecule has 28 heavy (non-hydrogen) atoms. The molecule has 1 heterocycles. The van der Waals surface area contributed by atoms with Gasteiger partial charge >= 0.3 is 0 Å². The fourth-order valence-electron chi connectivity index (χ4n) is 2.82. The van der Waals surface area contributed by atoms with Crippen LogP contribution in [0.5, 0.6) is 0 Å². The van der Waals surface area contributed by atoms with Crippen molar-refractivity contribution < 1.29 is 9.59 Å². The molecular weight excluding hydrogens is 401 g/mol. The molecule has 0 aliphatic carbocycles. The van der Waals surface area contributed by atoms with Gasteiger partial charge in [-0.1, -0.05) is 35.3 Å². The van der Waals surface area contributed by atoms with Gasteiger partial charge in [-0.2, -0.15) is 0 Å². The third-order valence-corrected chi connectivity index (χ3v) is 4.78. The standard InChI is InChI=1S/C19H19Cl2N5O2/c20-12-3-1-11(2-4-12)10-26(23)18-17(22)15(9-16(27)25-18)19(28)24-14-7-5-13(21)6-8-14/h1-8,15H,9-10,22-23H2,(H,24,28)(H,25,27). The quantitative estimate of drug-likeness (QED) is 0.439. The first kappa shape index (κ1) is 20.0. The number of hydrogen-bond acceptors (Lipinski definition) is 5. The van der Waals surface area contributed by atoms with Crippen LogP contribution in [0.1, 0.15) is 12.0 Å². The lowest BCUT2D eigenvalue weighted by atomic mass is 9.96. The molecule has 0 spiro atoms. The first-order chi connectivity index (χ1) is 13.3. The summed E-state index contributed by atoms with van der Waals surface area (Å²) in [5.74, 6) is 4.74. The molecule has 2 aromatic rings. The molecule has 3 rings (SSSR count). The molecule has 0 saturated carbocycles. The number of nitrogens with two attached hydrogens (primary N) is 2. The number of amides is 2. The van der Waals surface area contributed by atoms with E-state index in [4.69, 9.17) is 34.8 Å². The predicted octanol–water partition coefficient (Wildman–Crippen LogP) is 2.57. The van der Waals surface area contributed by atoms with Gasteiger partial charge < -0.3 is 16.4 Å². The Bertz CT molecular complexity index is 913. The Morgan fingerprint density at radius 1 is 1.11 bits per heavy atom. The Morgan fingerprint density at radius 2 is 1.68 bits per heavy atom. The van der Waals surface area contributed by atoms with Crippen LogP contribution < -0.4 is 22.2 Å². The van der Waals surface area contributed by atoms with Crippen LogP contribution in [-0.2, 0) is 16.1 Å².